The zero-order valence-electron chi connectivity index (χ0n) is 10.8. The molecule has 92 valence electrons. The van der Waals surface area contributed by atoms with Gasteiger partial charge in [-0.05, 0) is 17.7 Å². The van der Waals surface area contributed by atoms with Gasteiger partial charge in [0.15, 0.2) is 0 Å². The number of thioether (sulfide) groups is 1. The van der Waals surface area contributed by atoms with Gasteiger partial charge in [0.1, 0.15) is 0 Å². The van der Waals surface area contributed by atoms with Crippen molar-refractivity contribution in [3.63, 3.8) is 0 Å². The summed E-state index contributed by atoms with van der Waals surface area (Å²) in [5.41, 5.74) is 1.90. The fraction of sp³-hybridized carbons (Fsp3) is 0.500. The largest absolute Gasteiger partial charge is 0.312 e. The zero-order chi connectivity index (χ0) is 12.7. The molecule has 0 heterocycles. The molecule has 3 heteroatoms. The summed E-state index contributed by atoms with van der Waals surface area (Å²) in [6, 6.07) is 9.90. The number of nitrogens with zero attached hydrogens (tertiary/aromatic N) is 1. The number of benzene rings is 1. The first-order valence-electron chi connectivity index (χ1n) is 5.85. The molecule has 0 unspecified atom stereocenters. The maximum atomic E-state index is 8.79. The summed E-state index contributed by atoms with van der Waals surface area (Å²) in [6.45, 7) is 8.52. The van der Waals surface area contributed by atoms with Crippen LogP contribution in [0.1, 0.15) is 31.9 Å². The number of hydrogen-bond donors (Lipinski definition) is 1. The molecule has 0 atom stereocenters. The van der Waals surface area contributed by atoms with Crippen LogP contribution in [0, 0.1) is 11.3 Å². The second-order valence-corrected chi connectivity index (χ2v) is 6.87. The van der Waals surface area contributed by atoms with Gasteiger partial charge >= 0.3 is 0 Å². The predicted molar refractivity (Wildman–Crippen MR) is 75.1 cm³/mol. The summed E-state index contributed by atoms with van der Waals surface area (Å²) in [4.78, 5) is 0. The van der Waals surface area contributed by atoms with Crippen LogP contribution >= 0.6 is 11.8 Å². The number of nitriles is 1. The Morgan fingerprint density at radius 3 is 2.76 bits per heavy atom. The lowest BCUT2D eigenvalue weighted by atomic mass is 10.1. The van der Waals surface area contributed by atoms with Crippen molar-refractivity contribution in [1.29, 1.82) is 5.26 Å². The summed E-state index contributed by atoms with van der Waals surface area (Å²) in [7, 11) is 0. The fourth-order valence-corrected chi connectivity index (χ4v) is 2.27. The molecular weight excluding hydrogens is 228 g/mol. The molecule has 0 radical (unpaired) electrons. The molecule has 2 nitrogen and oxygen atoms in total. The van der Waals surface area contributed by atoms with Crippen molar-refractivity contribution in [1.82, 2.24) is 5.32 Å². The standard InChI is InChI=1S/C14H20N2S/c1-14(2,3)17-8-7-16-11-13-6-4-5-12(9-13)10-15/h4-6,9,16H,7-8,11H2,1-3H3. The minimum Gasteiger partial charge on any atom is -0.312 e. The van der Waals surface area contributed by atoms with E-state index in [-0.39, 0.29) is 0 Å². The van der Waals surface area contributed by atoms with Gasteiger partial charge in [-0.25, -0.2) is 0 Å². The second-order valence-electron chi connectivity index (χ2n) is 4.95. The van der Waals surface area contributed by atoms with Crippen molar-refractivity contribution in [2.24, 2.45) is 0 Å². The van der Waals surface area contributed by atoms with Crippen LogP contribution in [0.5, 0.6) is 0 Å². The van der Waals surface area contributed by atoms with Gasteiger partial charge < -0.3 is 5.32 Å². The van der Waals surface area contributed by atoms with E-state index in [0.29, 0.717) is 4.75 Å². The third-order valence-corrected chi connectivity index (χ3v) is 3.47. The van der Waals surface area contributed by atoms with Gasteiger partial charge in [-0.2, -0.15) is 17.0 Å². The minimum absolute atomic E-state index is 0.336. The molecule has 0 saturated carbocycles. The van der Waals surface area contributed by atoms with Gasteiger partial charge in [-0.3, -0.25) is 0 Å². The maximum absolute atomic E-state index is 8.79. The van der Waals surface area contributed by atoms with Crippen molar-refractivity contribution in [3.8, 4) is 6.07 Å². The molecule has 0 amide bonds. The highest BCUT2D eigenvalue weighted by molar-refractivity contribution is 8.00. The Balaban J connectivity index is 2.25. The van der Waals surface area contributed by atoms with Gasteiger partial charge in [-0.15, -0.1) is 0 Å². The van der Waals surface area contributed by atoms with Gasteiger partial charge in [0.2, 0.25) is 0 Å². The smallest absolute Gasteiger partial charge is 0.0991 e. The van der Waals surface area contributed by atoms with Crippen LogP contribution in [0.25, 0.3) is 0 Å². The van der Waals surface area contributed by atoms with Gasteiger partial charge in [0, 0.05) is 23.6 Å². The monoisotopic (exact) mass is 248 g/mol. The molecule has 0 spiro atoms. The van der Waals surface area contributed by atoms with Gasteiger partial charge in [0.25, 0.3) is 0 Å². The number of hydrogen-bond acceptors (Lipinski definition) is 3. The van der Waals surface area contributed by atoms with E-state index in [1.165, 1.54) is 5.56 Å². The molecule has 0 aliphatic carbocycles. The average molecular weight is 248 g/mol. The fourth-order valence-electron chi connectivity index (χ4n) is 1.41. The predicted octanol–water partition coefficient (Wildman–Crippen LogP) is 3.18. The van der Waals surface area contributed by atoms with Crippen LogP contribution in [0.2, 0.25) is 0 Å². The van der Waals surface area contributed by atoms with Crippen molar-refractivity contribution in [3.05, 3.63) is 35.4 Å². The number of rotatable bonds is 5. The lowest BCUT2D eigenvalue weighted by Crippen LogP contribution is -2.19. The van der Waals surface area contributed by atoms with Crippen LogP contribution in [0.4, 0.5) is 0 Å². The molecular formula is C14H20N2S. The van der Waals surface area contributed by atoms with Crippen LogP contribution in [0.3, 0.4) is 0 Å². The van der Waals surface area contributed by atoms with E-state index in [2.05, 4.69) is 32.2 Å². The second kappa shape index (κ2) is 6.68. The molecule has 0 aromatic heterocycles. The first-order chi connectivity index (χ1) is 8.01. The van der Waals surface area contributed by atoms with Crippen LogP contribution < -0.4 is 5.32 Å². The summed E-state index contributed by atoms with van der Waals surface area (Å²) in [6.07, 6.45) is 0. The van der Waals surface area contributed by atoms with Gasteiger partial charge in [0.05, 0.1) is 11.6 Å². The number of nitrogens with one attached hydrogen (secondary N) is 1. The third kappa shape index (κ3) is 6.35. The Kier molecular flexibility index (Phi) is 5.54. The topological polar surface area (TPSA) is 35.8 Å². The van der Waals surface area contributed by atoms with E-state index in [1.807, 2.05) is 36.0 Å². The molecule has 0 fully saturated rings. The molecule has 0 bridgehead atoms. The molecule has 0 aliphatic heterocycles. The van der Waals surface area contributed by atoms with Gasteiger partial charge in [-0.1, -0.05) is 32.9 Å². The van der Waals surface area contributed by atoms with E-state index in [4.69, 9.17) is 5.26 Å². The molecule has 1 N–H and O–H groups in total. The molecule has 0 aliphatic rings. The summed E-state index contributed by atoms with van der Waals surface area (Å²) >= 11 is 1.96. The summed E-state index contributed by atoms with van der Waals surface area (Å²) < 4.78 is 0.336. The average Bonchev–Trinajstić information content (AvgIpc) is 2.27. The third-order valence-electron chi connectivity index (χ3n) is 2.20. The Morgan fingerprint density at radius 1 is 1.35 bits per heavy atom. The van der Waals surface area contributed by atoms with E-state index in [9.17, 15) is 0 Å². The Labute approximate surface area is 108 Å². The lowest BCUT2D eigenvalue weighted by Gasteiger charge is -2.17. The highest BCUT2D eigenvalue weighted by atomic mass is 32.2. The van der Waals surface area contributed by atoms with E-state index in [0.717, 1.165) is 24.4 Å². The van der Waals surface area contributed by atoms with Crippen molar-refractivity contribution in [2.45, 2.75) is 32.1 Å². The first-order valence-corrected chi connectivity index (χ1v) is 6.83. The minimum atomic E-state index is 0.336. The first kappa shape index (κ1) is 14.1. The molecule has 17 heavy (non-hydrogen) atoms. The SMILES string of the molecule is CC(C)(C)SCCNCc1cccc(C#N)c1. The Hall–Kier alpha value is -0.980. The quantitative estimate of drug-likeness (QED) is 0.813. The van der Waals surface area contributed by atoms with Crippen molar-refractivity contribution in [2.75, 3.05) is 12.3 Å². The normalized spacial score (nSPS) is 11.2. The maximum Gasteiger partial charge on any atom is 0.0991 e. The molecule has 1 aromatic carbocycles. The summed E-state index contributed by atoms with van der Waals surface area (Å²) in [5.74, 6) is 1.11. The summed E-state index contributed by atoms with van der Waals surface area (Å²) in [5, 5.41) is 12.2. The zero-order valence-corrected chi connectivity index (χ0v) is 11.6. The lowest BCUT2D eigenvalue weighted by molar-refractivity contribution is 0.725. The highest BCUT2D eigenvalue weighted by Crippen LogP contribution is 2.22. The Bertz CT molecular complexity index is 388. The van der Waals surface area contributed by atoms with Crippen molar-refractivity contribution >= 4 is 11.8 Å². The van der Waals surface area contributed by atoms with E-state index >= 15 is 0 Å². The molecule has 1 rings (SSSR count). The van der Waals surface area contributed by atoms with Crippen molar-refractivity contribution < 1.29 is 0 Å². The highest BCUT2D eigenvalue weighted by Gasteiger charge is 2.08. The van der Waals surface area contributed by atoms with Crippen LogP contribution in [-0.4, -0.2) is 17.0 Å². The van der Waals surface area contributed by atoms with E-state index < -0.39 is 0 Å². The van der Waals surface area contributed by atoms with Crippen LogP contribution in [-0.2, 0) is 6.54 Å². The molecule has 0 saturated heterocycles. The van der Waals surface area contributed by atoms with E-state index in [1.54, 1.807) is 0 Å². The molecule has 1 aromatic rings. The Morgan fingerprint density at radius 2 is 2.12 bits per heavy atom. The van der Waals surface area contributed by atoms with Crippen LogP contribution in [0.15, 0.2) is 24.3 Å².